The van der Waals surface area contributed by atoms with Crippen molar-refractivity contribution in [2.45, 2.75) is 78.8 Å². The molecule has 1 N–H and O–H groups in total. The first kappa shape index (κ1) is 16.4. The van der Waals surface area contributed by atoms with Gasteiger partial charge in [0.25, 0.3) is 0 Å². The van der Waals surface area contributed by atoms with Crippen LogP contribution in [0.2, 0.25) is 0 Å². The monoisotopic (exact) mass is 271 g/mol. The second-order valence-electron chi connectivity index (χ2n) is 6.62. The standard InChI is InChI=1S/C16H33NS/c1-6-16(4,5)14-8-10-15(11-9-14)17-13(3)12-18-7-2/h13-15,17H,6-12H2,1-5H3. The summed E-state index contributed by atoms with van der Waals surface area (Å²) in [6.45, 7) is 11.8. The molecule has 1 atom stereocenters. The molecule has 1 saturated carbocycles. The molecule has 0 spiro atoms. The summed E-state index contributed by atoms with van der Waals surface area (Å²) in [5.74, 6) is 3.45. The van der Waals surface area contributed by atoms with Crippen LogP contribution in [0.25, 0.3) is 0 Å². The van der Waals surface area contributed by atoms with Crippen molar-refractivity contribution in [3.05, 3.63) is 0 Å². The quantitative estimate of drug-likeness (QED) is 0.719. The van der Waals surface area contributed by atoms with Crippen molar-refractivity contribution >= 4 is 11.8 Å². The normalized spacial score (nSPS) is 27.2. The van der Waals surface area contributed by atoms with Crippen LogP contribution in [0.15, 0.2) is 0 Å². The third kappa shape index (κ3) is 5.13. The van der Waals surface area contributed by atoms with Crippen LogP contribution in [0.1, 0.15) is 66.7 Å². The Morgan fingerprint density at radius 3 is 2.28 bits per heavy atom. The number of hydrogen-bond acceptors (Lipinski definition) is 2. The van der Waals surface area contributed by atoms with Gasteiger partial charge in [-0.25, -0.2) is 0 Å². The van der Waals surface area contributed by atoms with E-state index < -0.39 is 0 Å². The molecule has 0 heterocycles. The lowest BCUT2D eigenvalue weighted by Crippen LogP contribution is -2.41. The molecule has 1 unspecified atom stereocenters. The van der Waals surface area contributed by atoms with E-state index in [2.05, 4.69) is 51.7 Å². The van der Waals surface area contributed by atoms with Gasteiger partial charge in [0, 0.05) is 17.8 Å². The molecule has 0 aromatic rings. The lowest BCUT2D eigenvalue weighted by Gasteiger charge is -2.39. The van der Waals surface area contributed by atoms with Crippen molar-refractivity contribution in [3.63, 3.8) is 0 Å². The van der Waals surface area contributed by atoms with E-state index in [1.807, 2.05) is 0 Å². The zero-order chi connectivity index (χ0) is 13.6. The van der Waals surface area contributed by atoms with E-state index in [-0.39, 0.29) is 0 Å². The van der Waals surface area contributed by atoms with Crippen LogP contribution in [-0.4, -0.2) is 23.6 Å². The molecule has 0 amide bonds. The topological polar surface area (TPSA) is 12.0 Å². The average Bonchev–Trinajstić information content (AvgIpc) is 2.37. The van der Waals surface area contributed by atoms with Gasteiger partial charge in [-0.05, 0) is 49.7 Å². The first-order valence-corrected chi connectivity index (χ1v) is 8.98. The Morgan fingerprint density at radius 1 is 1.17 bits per heavy atom. The zero-order valence-electron chi connectivity index (χ0n) is 13.1. The molecule has 0 radical (unpaired) electrons. The van der Waals surface area contributed by atoms with Crippen molar-refractivity contribution in [1.29, 1.82) is 0 Å². The smallest absolute Gasteiger partial charge is 0.0132 e. The van der Waals surface area contributed by atoms with Gasteiger partial charge in [0.15, 0.2) is 0 Å². The molecular weight excluding hydrogens is 238 g/mol. The molecule has 18 heavy (non-hydrogen) atoms. The van der Waals surface area contributed by atoms with Crippen molar-refractivity contribution < 1.29 is 0 Å². The van der Waals surface area contributed by atoms with Crippen molar-refractivity contribution in [2.24, 2.45) is 11.3 Å². The highest BCUT2D eigenvalue weighted by molar-refractivity contribution is 7.99. The Morgan fingerprint density at radius 2 is 1.78 bits per heavy atom. The van der Waals surface area contributed by atoms with E-state index in [0.717, 1.165) is 12.0 Å². The molecule has 0 saturated heterocycles. The molecule has 1 nitrogen and oxygen atoms in total. The fourth-order valence-corrected chi connectivity index (χ4v) is 3.76. The van der Waals surface area contributed by atoms with Crippen molar-refractivity contribution in [1.82, 2.24) is 5.32 Å². The van der Waals surface area contributed by atoms with Gasteiger partial charge in [-0.3, -0.25) is 0 Å². The summed E-state index contributed by atoms with van der Waals surface area (Å²) < 4.78 is 0. The first-order chi connectivity index (χ1) is 8.49. The van der Waals surface area contributed by atoms with Gasteiger partial charge >= 0.3 is 0 Å². The van der Waals surface area contributed by atoms with Crippen LogP contribution >= 0.6 is 11.8 Å². The van der Waals surface area contributed by atoms with E-state index in [1.54, 1.807) is 0 Å². The maximum absolute atomic E-state index is 3.82. The van der Waals surface area contributed by atoms with Crippen molar-refractivity contribution in [2.75, 3.05) is 11.5 Å². The molecule has 0 bridgehead atoms. The second kappa shape index (κ2) is 7.79. The van der Waals surface area contributed by atoms with Gasteiger partial charge in [0.2, 0.25) is 0 Å². The van der Waals surface area contributed by atoms with E-state index in [4.69, 9.17) is 0 Å². The third-order valence-electron chi connectivity index (χ3n) is 4.84. The Balaban J connectivity index is 2.27. The summed E-state index contributed by atoms with van der Waals surface area (Å²) in [4.78, 5) is 0. The molecule has 1 aliphatic carbocycles. The SMILES string of the molecule is CCSCC(C)NC1CCC(C(C)(C)CC)CC1. The minimum Gasteiger partial charge on any atom is -0.311 e. The lowest BCUT2D eigenvalue weighted by molar-refractivity contribution is 0.135. The molecular formula is C16H33NS. The van der Waals surface area contributed by atoms with Gasteiger partial charge < -0.3 is 5.32 Å². The Kier molecular flexibility index (Phi) is 7.08. The van der Waals surface area contributed by atoms with Crippen LogP contribution in [0.4, 0.5) is 0 Å². The molecule has 0 aromatic carbocycles. The molecule has 1 aliphatic rings. The van der Waals surface area contributed by atoms with Crippen LogP contribution in [0, 0.1) is 11.3 Å². The largest absolute Gasteiger partial charge is 0.311 e. The highest BCUT2D eigenvalue weighted by Crippen LogP contribution is 2.40. The number of rotatable bonds is 7. The highest BCUT2D eigenvalue weighted by atomic mass is 32.2. The molecule has 1 rings (SSSR count). The van der Waals surface area contributed by atoms with Gasteiger partial charge in [-0.15, -0.1) is 0 Å². The summed E-state index contributed by atoms with van der Waals surface area (Å²) in [6, 6.07) is 1.46. The summed E-state index contributed by atoms with van der Waals surface area (Å²) in [6.07, 6.45) is 6.93. The zero-order valence-corrected chi connectivity index (χ0v) is 13.9. The van der Waals surface area contributed by atoms with Gasteiger partial charge in [-0.2, -0.15) is 11.8 Å². The molecule has 0 aliphatic heterocycles. The van der Waals surface area contributed by atoms with Crippen LogP contribution in [0.3, 0.4) is 0 Å². The Hall–Kier alpha value is 0.310. The van der Waals surface area contributed by atoms with Crippen LogP contribution in [0.5, 0.6) is 0 Å². The minimum absolute atomic E-state index is 0.550. The van der Waals surface area contributed by atoms with Gasteiger partial charge in [0.05, 0.1) is 0 Å². The minimum atomic E-state index is 0.550. The second-order valence-corrected chi connectivity index (χ2v) is 7.94. The average molecular weight is 272 g/mol. The van der Waals surface area contributed by atoms with Crippen LogP contribution in [-0.2, 0) is 0 Å². The fourth-order valence-electron chi connectivity index (χ4n) is 3.08. The molecule has 2 heteroatoms. The Labute approximate surface area is 119 Å². The van der Waals surface area contributed by atoms with Crippen molar-refractivity contribution in [3.8, 4) is 0 Å². The lowest BCUT2D eigenvalue weighted by atomic mass is 9.69. The number of hydrogen-bond donors (Lipinski definition) is 1. The first-order valence-electron chi connectivity index (χ1n) is 7.83. The fraction of sp³-hybridized carbons (Fsp3) is 1.00. The highest BCUT2D eigenvalue weighted by Gasteiger charge is 2.31. The predicted octanol–water partition coefficient (Wildman–Crippen LogP) is 4.71. The molecule has 1 fully saturated rings. The van der Waals surface area contributed by atoms with E-state index in [0.29, 0.717) is 11.5 Å². The van der Waals surface area contributed by atoms with E-state index >= 15 is 0 Å². The maximum Gasteiger partial charge on any atom is 0.0132 e. The molecule has 0 aromatic heterocycles. The third-order valence-corrected chi connectivity index (χ3v) is 5.98. The summed E-state index contributed by atoms with van der Waals surface area (Å²) in [5.41, 5.74) is 0.550. The summed E-state index contributed by atoms with van der Waals surface area (Å²) in [7, 11) is 0. The number of thioether (sulfide) groups is 1. The summed E-state index contributed by atoms with van der Waals surface area (Å²) in [5, 5.41) is 3.82. The van der Waals surface area contributed by atoms with E-state index in [1.165, 1.54) is 43.6 Å². The maximum atomic E-state index is 3.82. The van der Waals surface area contributed by atoms with Gasteiger partial charge in [-0.1, -0.05) is 34.1 Å². The predicted molar refractivity (Wildman–Crippen MR) is 85.4 cm³/mol. The van der Waals surface area contributed by atoms with E-state index in [9.17, 15) is 0 Å². The Bertz CT molecular complexity index is 219. The van der Waals surface area contributed by atoms with Crippen LogP contribution < -0.4 is 5.32 Å². The number of nitrogens with one attached hydrogen (secondary N) is 1. The summed E-state index contributed by atoms with van der Waals surface area (Å²) >= 11 is 2.05. The van der Waals surface area contributed by atoms with Gasteiger partial charge in [0.1, 0.15) is 0 Å². The molecule has 108 valence electrons.